The Kier molecular flexibility index (Phi) is 9.10. The third-order valence-corrected chi connectivity index (χ3v) is 9.71. The maximum Gasteiger partial charge on any atom is 0.410 e. The van der Waals surface area contributed by atoms with E-state index in [4.69, 9.17) is 9.72 Å². The SMILES string of the molecule is CC(C)(C)OC(=O)N1CCC(c2ccc(-c3cn4c(n3)sc3cc(C(=O)NCCCN5CCC(F)CC5)ccc34)c(F)c2)CC1. The van der Waals surface area contributed by atoms with Gasteiger partial charge < -0.3 is 19.9 Å². The van der Waals surface area contributed by atoms with Crippen molar-refractivity contribution in [1.29, 1.82) is 0 Å². The van der Waals surface area contributed by atoms with Gasteiger partial charge in [0.05, 0.1) is 15.9 Å². The number of imidazole rings is 1. The van der Waals surface area contributed by atoms with Crippen LogP contribution >= 0.6 is 11.3 Å². The smallest absolute Gasteiger partial charge is 0.410 e. The third kappa shape index (κ3) is 7.30. The molecule has 2 aromatic heterocycles. The van der Waals surface area contributed by atoms with Gasteiger partial charge in [0.1, 0.15) is 17.6 Å². The van der Waals surface area contributed by atoms with Gasteiger partial charge in [0, 0.05) is 50.0 Å². The first-order valence-electron chi connectivity index (χ1n) is 15.9. The number of benzene rings is 2. The number of nitrogens with one attached hydrogen (secondary N) is 1. The van der Waals surface area contributed by atoms with Crippen molar-refractivity contribution in [1.82, 2.24) is 24.5 Å². The van der Waals surface area contributed by atoms with Gasteiger partial charge in [0.15, 0.2) is 4.96 Å². The summed E-state index contributed by atoms with van der Waals surface area (Å²) in [6.07, 6.45) is 4.40. The highest BCUT2D eigenvalue weighted by molar-refractivity contribution is 7.23. The van der Waals surface area contributed by atoms with Gasteiger partial charge in [-0.15, -0.1) is 0 Å². The van der Waals surface area contributed by atoms with Crippen molar-refractivity contribution in [3.63, 3.8) is 0 Å². The van der Waals surface area contributed by atoms with Crippen LogP contribution in [0.15, 0.2) is 42.6 Å². The molecule has 2 aliphatic heterocycles. The molecule has 0 atom stereocenters. The minimum Gasteiger partial charge on any atom is -0.444 e. The lowest BCUT2D eigenvalue weighted by Crippen LogP contribution is -2.41. The summed E-state index contributed by atoms with van der Waals surface area (Å²) in [7, 11) is 0. The highest BCUT2D eigenvalue weighted by Crippen LogP contribution is 2.34. The number of piperidine rings is 2. The van der Waals surface area contributed by atoms with Crippen molar-refractivity contribution in [3.8, 4) is 11.3 Å². The van der Waals surface area contributed by atoms with Gasteiger partial charge >= 0.3 is 6.09 Å². The molecule has 2 fully saturated rings. The second kappa shape index (κ2) is 13.0. The fourth-order valence-corrected chi connectivity index (χ4v) is 7.27. The largest absolute Gasteiger partial charge is 0.444 e. The maximum atomic E-state index is 15.4. The average molecular weight is 638 g/mol. The molecule has 4 aromatic rings. The zero-order valence-electron chi connectivity index (χ0n) is 26.2. The Hall–Kier alpha value is -3.57. The van der Waals surface area contributed by atoms with E-state index in [9.17, 15) is 14.0 Å². The number of hydrogen-bond donors (Lipinski definition) is 1. The van der Waals surface area contributed by atoms with Gasteiger partial charge in [-0.3, -0.25) is 9.20 Å². The second-order valence-corrected chi connectivity index (χ2v) is 14.2. The topological polar surface area (TPSA) is 79.2 Å². The van der Waals surface area contributed by atoms with Crippen LogP contribution in [0.4, 0.5) is 13.6 Å². The number of amides is 2. The Balaban J connectivity index is 1.07. The van der Waals surface area contributed by atoms with E-state index >= 15 is 4.39 Å². The highest BCUT2D eigenvalue weighted by atomic mass is 32.1. The van der Waals surface area contributed by atoms with Crippen LogP contribution in [0.1, 0.15) is 74.7 Å². The number of thiazole rings is 1. The zero-order valence-corrected chi connectivity index (χ0v) is 27.0. The molecule has 8 nitrogen and oxygen atoms in total. The van der Waals surface area contributed by atoms with E-state index < -0.39 is 11.8 Å². The first-order valence-corrected chi connectivity index (χ1v) is 16.7. The third-order valence-electron chi connectivity index (χ3n) is 8.70. The van der Waals surface area contributed by atoms with Gasteiger partial charge in [0.2, 0.25) is 0 Å². The van der Waals surface area contributed by atoms with Crippen molar-refractivity contribution in [2.45, 2.75) is 70.6 Å². The Morgan fingerprint density at radius 1 is 1.04 bits per heavy atom. The lowest BCUT2D eigenvalue weighted by Gasteiger charge is -2.33. The van der Waals surface area contributed by atoms with Crippen LogP contribution in [-0.2, 0) is 4.74 Å². The van der Waals surface area contributed by atoms with Gasteiger partial charge in [-0.25, -0.2) is 18.6 Å². The second-order valence-electron chi connectivity index (χ2n) is 13.2. The molecular formula is C34H41F2N5O3S. The number of ether oxygens (including phenoxy) is 1. The number of nitrogens with zero attached hydrogens (tertiary/aromatic N) is 4. The van der Waals surface area contributed by atoms with E-state index in [-0.39, 0.29) is 23.7 Å². The molecule has 2 saturated heterocycles. The molecule has 0 radical (unpaired) electrons. The first-order chi connectivity index (χ1) is 21.5. The minimum atomic E-state index is -0.676. The van der Waals surface area contributed by atoms with E-state index in [1.54, 1.807) is 23.1 Å². The average Bonchev–Trinajstić information content (AvgIpc) is 3.57. The van der Waals surface area contributed by atoms with Crippen molar-refractivity contribution >= 4 is 38.5 Å². The van der Waals surface area contributed by atoms with Gasteiger partial charge in [-0.05, 0) is 101 Å². The number of carbonyl (C=O) groups excluding carboxylic acids is 2. The van der Waals surface area contributed by atoms with E-state index in [2.05, 4.69) is 10.2 Å². The summed E-state index contributed by atoms with van der Waals surface area (Å²) in [6, 6.07) is 11.0. The summed E-state index contributed by atoms with van der Waals surface area (Å²) in [5.74, 6) is -0.264. The van der Waals surface area contributed by atoms with Crippen LogP contribution in [0.5, 0.6) is 0 Å². The fraction of sp³-hybridized carbons (Fsp3) is 0.500. The number of hydrogen-bond acceptors (Lipinski definition) is 6. The maximum absolute atomic E-state index is 15.4. The van der Waals surface area contributed by atoms with Crippen LogP contribution in [0.2, 0.25) is 0 Å². The molecule has 2 amide bonds. The summed E-state index contributed by atoms with van der Waals surface area (Å²) in [6.45, 7) is 9.73. The van der Waals surface area contributed by atoms with Crippen LogP contribution in [0, 0.1) is 5.82 Å². The molecule has 0 bridgehead atoms. The van der Waals surface area contributed by atoms with Crippen LogP contribution < -0.4 is 5.32 Å². The number of aromatic nitrogens is 2. The summed E-state index contributed by atoms with van der Waals surface area (Å²) < 4.78 is 37.1. The lowest BCUT2D eigenvalue weighted by molar-refractivity contribution is 0.0204. The molecule has 0 spiro atoms. The van der Waals surface area contributed by atoms with E-state index in [0.29, 0.717) is 49.3 Å². The monoisotopic (exact) mass is 637 g/mol. The predicted octanol–water partition coefficient (Wildman–Crippen LogP) is 7.02. The van der Waals surface area contributed by atoms with Crippen molar-refractivity contribution in [2.75, 3.05) is 39.3 Å². The van der Waals surface area contributed by atoms with Crippen LogP contribution in [0.3, 0.4) is 0 Å². The normalized spacial score (nSPS) is 17.3. The van der Waals surface area contributed by atoms with Gasteiger partial charge in [-0.2, -0.15) is 0 Å². The standard InChI is InChI=1S/C34H41F2N5O3S/c1-34(2,3)44-33(43)40-17-9-22(10-18-40)23-5-7-26(27(36)19-23)28-21-41-29-8-6-24(20-30(29)45-32(41)38-28)31(42)37-13-4-14-39-15-11-25(35)12-16-39/h5-8,19-22,25H,4,9-18H2,1-3H3,(H,37,42). The van der Waals surface area contributed by atoms with Crippen molar-refractivity contribution in [2.24, 2.45) is 0 Å². The van der Waals surface area contributed by atoms with Gasteiger partial charge in [0.25, 0.3) is 5.91 Å². The molecule has 240 valence electrons. The molecule has 45 heavy (non-hydrogen) atoms. The lowest BCUT2D eigenvalue weighted by atomic mass is 9.89. The molecule has 0 saturated carbocycles. The Labute approximate surface area is 266 Å². The van der Waals surface area contributed by atoms with E-state index in [0.717, 1.165) is 59.6 Å². The highest BCUT2D eigenvalue weighted by Gasteiger charge is 2.28. The molecule has 0 unspecified atom stereocenters. The van der Waals surface area contributed by atoms with Crippen LogP contribution in [-0.4, -0.2) is 82.2 Å². The Morgan fingerprint density at radius 2 is 1.80 bits per heavy atom. The predicted molar refractivity (Wildman–Crippen MR) is 173 cm³/mol. The molecule has 11 heteroatoms. The molecule has 6 rings (SSSR count). The summed E-state index contributed by atoms with van der Waals surface area (Å²) in [4.78, 5) is 34.6. The van der Waals surface area contributed by atoms with Gasteiger partial charge in [-0.1, -0.05) is 17.4 Å². The van der Waals surface area contributed by atoms with E-state index in [1.807, 2.05) is 49.6 Å². The van der Waals surface area contributed by atoms with Crippen molar-refractivity contribution < 1.29 is 23.1 Å². The van der Waals surface area contributed by atoms with Crippen LogP contribution in [0.25, 0.3) is 26.4 Å². The number of alkyl halides is 1. The molecule has 0 aliphatic carbocycles. The number of likely N-dealkylation sites (tertiary alicyclic amines) is 2. The zero-order chi connectivity index (χ0) is 31.7. The number of rotatable bonds is 7. The first kappa shape index (κ1) is 31.4. The Bertz CT molecular complexity index is 1680. The summed E-state index contributed by atoms with van der Waals surface area (Å²) in [5.41, 5.74) is 2.90. The van der Waals surface area contributed by atoms with E-state index in [1.165, 1.54) is 11.3 Å². The molecular weight excluding hydrogens is 596 g/mol. The van der Waals surface area contributed by atoms with Crippen molar-refractivity contribution in [3.05, 3.63) is 59.5 Å². The molecule has 2 aliphatic rings. The summed E-state index contributed by atoms with van der Waals surface area (Å²) in [5, 5.41) is 3.00. The quantitative estimate of drug-likeness (QED) is 0.220. The summed E-state index contributed by atoms with van der Waals surface area (Å²) >= 11 is 1.46. The Morgan fingerprint density at radius 3 is 2.51 bits per heavy atom. The number of halogens is 2. The minimum absolute atomic E-state index is 0.122. The molecule has 1 N–H and O–H groups in total. The number of carbonyl (C=O) groups is 2. The number of fused-ring (bicyclic) bond motifs is 3. The molecule has 2 aromatic carbocycles. The fourth-order valence-electron chi connectivity index (χ4n) is 6.22. The molecule has 4 heterocycles.